The minimum atomic E-state index is -4.65. The lowest BCUT2D eigenvalue weighted by Gasteiger charge is -2.40. The van der Waals surface area contributed by atoms with E-state index in [0.29, 0.717) is 12.1 Å². The van der Waals surface area contributed by atoms with Gasteiger partial charge in [0.1, 0.15) is 21.1 Å². The fraction of sp³-hybridized carbons (Fsp3) is 0.478. The monoisotopic (exact) mass is 523 g/mol. The van der Waals surface area contributed by atoms with E-state index in [1.165, 1.54) is 0 Å². The molecule has 0 spiro atoms. The van der Waals surface area contributed by atoms with Crippen molar-refractivity contribution >= 4 is 21.2 Å². The Morgan fingerprint density at radius 2 is 1.56 bits per heavy atom. The zero-order valence-corrected chi connectivity index (χ0v) is 20.5. The standard InChI is InChI=1S/C23H26F5NO3S2/c1-21(2,3)33(30)29-17-10-12-22(13-11-17,19-14-16(24)6-9-20(19)25)34(31,32)18-7-4-15(5-8-18)23(26,27)28/h4-9,14,17,29H,10-13H2,1-3H3/t17-,22+,33?. The number of alkyl halides is 3. The second kappa shape index (κ2) is 9.40. The van der Waals surface area contributed by atoms with E-state index in [2.05, 4.69) is 4.72 Å². The molecule has 2 aromatic rings. The summed E-state index contributed by atoms with van der Waals surface area (Å²) in [7, 11) is -4.44. The molecule has 188 valence electrons. The largest absolute Gasteiger partial charge is 0.598 e. The van der Waals surface area contributed by atoms with Crippen LogP contribution in [0.2, 0.25) is 0 Å². The molecule has 0 aliphatic heterocycles. The van der Waals surface area contributed by atoms with E-state index >= 15 is 0 Å². The van der Waals surface area contributed by atoms with Crippen LogP contribution in [0.3, 0.4) is 0 Å². The molecular weight excluding hydrogens is 497 g/mol. The van der Waals surface area contributed by atoms with Crippen molar-refractivity contribution in [3.8, 4) is 0 Å². The van der Waals surface area contributed by atoms with Gasteiger partial charge in [0, 0.05) is 16.9 Å². The fourth-order valence-electron chi connectivity index (χ4n) is 4.11. The summed E-state index contributed by atoms with van der Waals surface area (Å²) in [6.07, 6.45) is -4.53. The number of hydrogen-bond acceptors (Lipinski definition) is 4. The van der Waals surface area contributed by atoms with Gasteiger partial charge in [-0.1, -0.05) is 0 Å². The van der Waals surface area contributed by atoms with Gasteiger partial charge >= 0.3 is 6.18 Å². The van der Waals surface area contributed by atoms with Crippen LogP contribution < -0.4 is 4.72 Å². The normalized spacial score (nSPS) is 23.0. The number of sulfone groups is 1. The van der Waals surface area contributed by atoms with Crippen LogP contribution in [0.4, 0.5) is 22.0 Å². The fourth-order valence-corrected chi connectivity index (χ4v) is 7.16. The topological polar surface area (TPSA) is 69.2 Å². The highest BCUT2D eigenvalue weighted by Gasteiger charge is 2.51. The van der Waals surface area contributed by atoms with Gasteiger partial charge in [-0.2, -0.15) is 13.2 Å². The lowest BCUT2D eigenvalue weighted by atomic mass is 9.80. The molecule has 1 aliphatic rings. The molecule has 3 rings (SSSR count). The van der Waals surface area contributed by atoms with Gasteiger partial charge in [0.05, 0.1) is 16.5 Å². The Bertz CT molecular complexity index is 1120. The van der Waals surface area contributed by atoms with E-state index in [4.69, 9.17) is 0 Å². The smallest absolute Gasteiger partial charge is 0.416 e. The number of rotatable bonds is 5. The molecule has 0 bridgehead atoms. The number of nitrogens with one attached hydrogen (secondary N) is 1. The highest BCUT2D eigenvalue weighted by molar-refractivity contribution is 7.92. The van der Waals surface area contributed by atoms with Gasteiger partial charge < -0.3 is 4.55 Å². The van der Waals surface area contributed by atoms with Crippen molar-refractivity contribution in [1.82, 2.24) is 4.72 Å². The summed E-state index contributed by atoms with van der Waals surface area (Å²) in [5.41, 5.74) is -1.38. The van der Waals surface area contributed by atoms with E-state index in [9.17, 15) is 34.9 Å². The molecule has 11 heteroatoms. The highest BCUT2D eigenvalue weighted by atomic mass is 32.2. The van der Waals surface area contributed by atoms with Crippen molar-refractivity contribution in [2.75, 3.05) is 0 Å². The number of benzene rings is 2. The Morgan fingerprint density at radius 3 is 2.06 bits per heavy atom. The molecule has 1 N–H and O–H groups in total. The van der Waals surface area contributed by atoms with E-state index in [-0.39, 0.29) is 37.3 Å². The van der Waals surface area contributed by atoms with Gasteiger partial charge in [0.15, 0.2) is 9.84 Å². The first kappa shape index (κ1) is 26.9. The zero-order chi connectivity index (χ0) is 25.5. The quantitative estimate of drug-likeness (QED) is 0.406. The van der Waals surface area contributed by atoms with Crippen LogP contribution in [0.25, 0.3) is 0 Å². The first-order valence-corrected chi connectivity index (χ1v) is 13.3. The lowest BCUT2D eigenvalue weighted by molar-refractivity contribution is -0.137. The molecule has 1 fully saturated rings. The Hall–Kier alpha value is -1.69. The van der Waals surface area contributed by atoms with E-state index in [0.717, 1.165) is 30.3 Å². The SMILES string of the molecule is CC(C)(C)[S+]([O-])N[C@H]1CC[C@@](c2cc(F)ccc2F)(S(=O)(=O)c2ccc(C(F)(F)F)cc2)CC1. The predicted octanol–water partition coefficient (Wildman–Crippen LogP) is 5.65. The Kier molecular flexibility index (Phi) is 7.44. The third-order valence-electron chi connectivity index (χ3n) is 6.05. The molecule has 1 aliphatic carbocycles. The van der Waals surface area contributed by atoms with Crippen molar-refractivity contribution in [2.24, 2.45) is 0 Å². The molecule has 0 radical (unpaired) electrons. The Morgan fingerprint density at radius 1 is 1.00 bits per heavy atom. The molecule has 4 nitrogen and oxygen atoms in total. The lowest BCUT2D eigenvalue weighted by Crippen LogP contribution is -2.49. The van der Waals surface area contributed by atoms with Crippen LogP contribution >= 0.6 is 0 Å². The third-order valence-corrected chi connectivity index (χ3v) is 10.3. The molecule has 2 aromatic carbocycles. The van der Waals surface area contributed by atoms with Gasteiger partial charge in [-0.15, -0.1) is 4.72 Å². The molecule has 0 amide bonds. The van der Waals surface area contributed by atoms with Crippen molar-refractivity contribution in [3.63, 3.8) is 0 Å². The first-order valence-electron chi connectivity index (χ1n) is 10.6. The molecule has 0 heterocycles. The summed E-state index contributed by atoms with van der Waals surface area (Å²) >= 11 is -1.42. The minimum absolute atomic E-state index is 0.129. The second-order valence-corrected chi connectivity index (χ2v) is 13.7. The van der Waals surface area contributed by atoms with Crippen LogP contribution in [-0.4, -0.2) is 23.8 Å². The van der Waals surface area contributed by atoms with Crippen LogP contribution in [0.1, 0.15) is 57.6 Å². The average Bonchev–Trinajstić information content (AvgIpc) is 2.75. The van der Waals surface area contributed by atoms with Gasteiger partial charge in [-0.25, -0.2) is 17.2 Å². The predicted molar refractivity (Wildman–Crippen MR) is 120 cm³/mol. The molecule has 1 atom stereocenters. The van der Waals surface area contributed by atoms with Gasteiger partial charge in [0.2, 0.25) is 0 Å². The highest BCUT2D eigenvalue weighted by Crippen LogP contribution is 2.48. The number of halogens is 5. The Labute approximate surface area is 199 Å². The van der Waals surface area contributed by atoms with Crippen molar-refractivity contribution < 1.29 is 34.9 Å². The molecule has 1 unspecified atom stereocenters. The zero-order valence-electron chi connectivity index (χ0n) is 18.9. The van der Waals surface area contributed by atoms with E-state index in [1.807, 2.05) is 0 Å². The Balaban J connectivity index is 2.03. The second-order valence-electron chi connectivity index (χ2n) is 9.42. The van der Waals surface area contributed by atoms with Crippen LogP contribution in [0.15, 0.2) is 47.4 Å². The van der Waals surface area contributed by atoms with E-state index < -0.39 is 59.0 Å². The summed E-state index contributed by atoms with van der Waals surface area (Å²) in [6.45, 7) is 5.33. The average molecular weight is 524 g/mol. The maximum atomic E-state index is 14.9. The van der Waals surface area contributed by atoms with Crippen molar-refractivity contribution in [3.05, 3.63) is 65.2 Å². The summed E-state index contributed by atoms with van der Waals surface area (Å²) in [4.78, 5) is -0.408. The first-order chi connectivity index (χ1) is 15.6. The number of hydrogen-bond donors (Lipinski definition) is 1. The summed E-state index contributed by atoms with van der Waals surface area (Å²) in [5, 5.41) is 0. The summed E-state index contributed by atoms with van der Waals surface area (Å²) in [5.74, 6) is -1.74. The van der Waals surface area contributed by atoms with Gasteiger partial charge in [-0.3, -0.25) is 0 Å². The summed E-state index contributed by atoms with van der Waals surface area (Å²) < 4.78 is 108. The van der Waals surface area contributed by atoms with Crippen LogP contribution in [0.5, 0.6) is 0 Å². The van der Waals surface area contributed by atoms with Gasteiger partial charge in [-0.05, 0) is 88.9 Å². The molecule has 34 heavy (non-hydrogen) atoms. The maximum Gasteiger partial charge on any atom is 0.416 e. The van der Waals surface area contributed by atoms with Crippen molar-refractivity contribution in [2.45, 2.75) is 73.1 Å². The minimum Gasteiger partial charge on any atom is -0.598 e. The molecule has 0 aromatic heterocycles. The molecule has 1 saturated carbocycles. The molecule has 0 saturated heterocycles. The van der Waals surface area contributed by atoms with Gasteiger partial charge in [0.25, 0.3) is 0 Å². The third kappa shape index (κ3) is 5.27. The van der Waals surface area contributed by atoms with Crippen LogP contribution in [0, 0.1) is 11.6 Å². The molecular formula is C23H26F5NO3S2. The maximum absolute atomic E-state index is 14.9. The van der Waals surface area contributed by atoms with Crippen molar-refractivity contribution in [1.29, 1.82) is 0 Å². The van der Waals surface area contributed by atoms with Crippen LogP contribution in [-0.2, 0) is 32.1 Å². The van der Waals surface area contributed by atoms with E-state index in [1.54, 1.807) is 20.8 Å². The summed E-state index contributed by atoms with van der Waals surface area (Å²) in [6, 6.07) is 5.21.